The second-order valence-corrected chi connectivity index (χ2v) is 8.99. The third-order valence-corrected chi connectivity index (χ3v) is 6.54. The maximum atomic E-state index is 13.1. The van der Waals surface area contributed by atoms with Gasteiger partial charge in [-0.2, -0.15) is 0 Å². The van der Waals surface area contributed by atoms with Gasteiger partial charge in [0.2, 0.25) is 5.91 Å². The zero-order valence-corrected chi connectivity index (χ0v) is 18.6. The Kier molecular flexibility index (Phi) is 5.37. The van der Waals surface area contributed by atoms with Crippen LogP contribution in [0, 0.1) is 6.92 Å². The Morgan fingerprint density at radius 1 is 0.938 bits per heavy atom. The number of thioether (sulfide) groups is 1. The summed E-state index contributed by atoms with van der Waals surface area (Å²) in [5.74, 6) is -0.0773. The van der Waals surface area contributed by atoms with Crippen molar-refractivity contribution in [3.63, 3.8) is 0 Å². The number of amides is 1. The Morgan fingerprint density at radius 2 is 1.66 bits per heavy atom. The topological polar surface area (TPSA) is 59.3 Å². The first-order valence-corrected chi connectivity index (χ1v) is 11.4. The fraction of sp³-hybridized carbons (Fsp3) is 0.115. The molecule has 0 aliphatic carbocycles. The summed E-state index contributed by atoms with van der Waals surface area (Å²) in [4.78, 5) is 13.1. The lowest BCUT2D eigenvalue weighted by Crippen LogP contribution is -2.23. The van der Waals surface area contributed by atoms with Gasteiger partial charge < -0.3 is 5.32 Å². The van der Waals surface area contributed by atoms with Crippen LogP contribution in [0.15, 0.2) is 90.1 Å². The van der Waals surface area contributed by atoms with Gasteiger partial charge in [0.05, 0.1) is 10.8 Å². The molecule has 2 heterocycles. The van der Waals surface area contributed by atoms with Crippen LogP contribution in [0.4, 0.5) is 5.69 Å². The van der Waals surface area contributed by atoms with Crippen molar-refractivity contribution in [2.75, 3.05) is 5.32 Å². The number of aromatic nitrogens is 3. The second kappa shape index (κ2) is 8.48. The third kappa shape index (κ3) is 3.74. The fourth-order valence-electron chi connectivity index (χ4n) is 3.86. The number of anilines is 1. The van der Waals surface area contributed by atoms with Crippen LogP contribution in [0.2, 0.25) is 0 Å². The van der Waals surface area contributed by atoms with Crippen LogP contribution in [-0.2, 0) is 4.79 Å². The van der Waals surface area contributed by atoms with Gasteiger partial charge in [0.25, 0.3) is 0 Å². The van der Waals surface area contributed by atoms with Gasteiger partial charge in [0, 0.05) is 16.6 Å². The highest BCUT2D eigenvalue weighted by atomic mass is 32.2. The second-order valence-electron chi connectivity index (χ2n) is 7.68. The van der Waals surface area contributed by atoms with Crippen molar-refractivity contribution in [2.24, 2.45) is 0 Å². The Labute approximate surface area is 190 Å². The summed E-state index contributed by atoms with van der Waals surface area (Å²) in [5, 5.41) is 13.3. The Bertz CT molecular complexity index is 1430. The van der Waals surface area contributed by atoms with Crippen LogP contribution < -0.4 is 5.32 Å². The van der Waals surface area contributed by atoms with Gasteiger partial charge >= 0.3 is 0 Å². The number of pyridine rings is 1. The Balaban J connectivity index is 1.42. The third-order valence-electron chi connectivity index (χ3n) is 5.49. The van der Waals surface area contributed by atoms with Crippen molar-refractivity contribution in [1.82, 2.24) is 14.6 Å². The summed E-state index contributed by atoms with van der Waals surface area (Å²) >= 11 is 1.41. The van der Waals surface area contributed by atoms with Gasteiger partial charge in [-0.05, 0) is 43.2 Å². The molecule has 0 aliphatic rings. The Hall–Kier alpha value is -3.64. The average Bonchev–Trinajstić information content (AvgIpc) is 3.22. The van der Waals surface area contributed by atoms with Crippen LogP contribution in [0.5, 0.6) is 0 Å². The molecule has 1 unspecified atom stereocenters. The van der Waals surface area contributed by atoms with Crippen molar-refractivity contribution in [3.05, 3.63) is 90.5 Å². The van der Waals surface area contributed by atoms with E-state index >= 15 is 0 Å². The Morgan fingerprint density at radius 3 is 2.50 bits per heavy atom. The van der Waals surface area contributed by atoms with Crippen molar-refractivity contribution in [3.8, 4) is 11.1 Å². The number of rotatable bonds is 5. The van der Waals surface area contributed by atoms with E-state index in [2.05, 4.69) is 34.6 Å². The maximum absolute atomic E-state index is 13.1. The monoisotopic (exact) mass is 438 g/mol. The first kappa shape index (κ1) is 20.3. The van der Waals surface area contributed by atoms with Crippen LogP contribution >= 0.6 is 11.8 Å². The molecule has 32 heavy (non-hydrogen) atoms. The number of nitrogens with zero attached hydrogens (tertiary/aromatic N) is 3. The van der Waals surface area contributed by atoms with Gasteiger partial charge in [-0.3, -0.25) is 9.20 Å². The summed E-state index contributed by atoms with van der Waals surface area (Å²) in [6, 6.07) is 28.1. The van der Waals surface area contributed by atoms with Crippen molar-refractivity contribution >= 4 is 39.9 Å². The van der Waals surface area contributed by atoms with E-state index in [1.165, 1.54) is 11.8 Å². The summed E-state index contributed by atoms with van der Waals surface area (Å²) < 4.78 is 2.02. The molecule has 0 spiro atoms. The number of hydrogen-bond acceptors (Lipinski definition) is 4. The van der Waals surface area contributed by atoms with E-state index in [1.54, 1.807) is 0 Å². The molecule has 0 radical (unpaired) electrons. The molecule has 3 aromatic carbocycles. The van der Waals surface area contributed by atoms with Crippen LogP contribution in [0.1, 0.15) is 12.5 Å². The molecular formula is C26H22N4OS. The van der Waals surface area contributed by atoms with Gasteiger partial charge in [-0.25, -0.2) is 0 Å². The fourth-order valence-corrected chi connectivity index (χ4v) is 4.73. The number of benzene rings is 3. The molecule has 1 N–H and O–H groups in total. The molecule has 5 rings (SSSR count). The zero-order chi connectivity index (χ0) is 22.1. The number of carbonyl (C=O) groups excluding carboxylic acids is 1. The molecule has 1 amide bonds. The minimum absolute atomic E-state index is 0.0773. The van der Waals surface area contributed by atoms with Crippen molar-refractivity contribution in [1.29, 1.82) is 0 Å². The molecule has 0 fully saturated rings. The predicted molar refractivity (Wildman–Crippen MR) is 131 cm³/mol. The summed E-state index contributed by atoms with van der Waals surface area (Å²) in [7, 11) is 0. The van der Waals surface area contributed by atoms with E-state index in [1.807, 2.05) is 84.1 Å². The molecule has 2 aromatic heterocycles. The molecular weight excluding hydrogens is 416 g/mol. The van der Waals surface area contributed by atoms with E-state index in [0.717, 1.165) is 38.9 Å². The minimum atomic E-state index is -0.355. The maximum Gasteiger partial charge on any atom is 0.237 e. The van der Waals surface area contributed by atoms with Crippen LogP contribution in [0.3, 0.4) is 0 Å². The SMILES string of the molecule is Cc1cc2nnc(SC(C)C(=O)Nc3ccccc3-c3ccccc3)n2c2ccccc12. The number of nitrogens with one attached hydrogen (secondary N) is 1. The van der Waals surface area contributed by atoms with Gasteiger partial charge in [0.15, 0.2) is 10.8 Å². The number of fused-ring (bicyclic) bond motifs is 3. The zero-order valence-electron chi connectivity index (χ0n) is 17.8. The van der Waals surface area contributed by atoms with Gasteiger partial charge in [-0.15, -0.1) is 10.2 Å². The highest BCUT2D eigenvalue weighted by molar-refractivity contribution is 8.00. The number of carbonyl (C=O) groups is 1. The smallest absolute Gasteiger partial charge is 0.237 e. The molecule has 158 valence electrons. The molecule has 0 saturated carbocycles. The van der Waals surface area contributed by atoms with Crippen LogP contribution in [0.25, 0.3) is 27.7 Å². The molecule has 5 aromatic rings. The normalized spacial score (nSPS) is 12.2. The van der Waals surface area contributed by atoms with E-state index in [-0.39, 0.29) is 11.2 Å². The molecule has 6 heteroatoms. The van der Waals surface area contributed by atoms with E-state index in [0.29, 0.717) is 5.16 Å². The number of aryl methyl sites for hydroxylation is 1. The van der Waals surface area contributed by atoms with E-state index < -0.39 is 0 Å². The molecule has 0 aliphatic heterocycles. The van der Waals surface area contributed by atoms with Crippen molar-refractivity contribution < 1.29 is 4.79 Å². The highest BCUT2D eigenvalue weighted by Gasteiger charge is 2.20. The number of para-hydroxylation sites is 2. The predicted octanol–water partition coefficient (Wildman–Crippen LogP) is 5.98. The molecule has 5 nitrogen and oxygen atoms in total. The highest BCUT2D eigenvalue weighted by Crippen LogP contribution is 2.31. The lowest BCUT2D eigenvalue weighted by Gasteiger charge is -2.15. The first-order chi connectivity index (χ1) is 15.6. The number of hydrogen-bond donors (Lipinski definition) is 1. The largest absolute Gasteiger partial charge is 0.325 e. The molecule has 0 bridgehead atoms. The van der Waals surface area contributed by atoms with Crippen molar-refractivity contribution in [2.45, 2.75) is 24.3 Å². The lowest BCUT2D eigenvalue weighted by atomic mass is 10.0. The summed E-state index contributed by atoms with van der Waals surface area (Å²) in [6.45, 7) is 3.96. The van der Waals surface area contributed by atoms with Gasteiger partial charge in [0.1, 0.15) is 0 Å². The summed E-state index contributed by atoms with van der Waals surface area (Å²) in [6.07, 6.45) is 0. The van der Waals surface area contributed by atoms with Crippen LogP contribution in [-0.4, -0.2) is 25.8 Å². The quantitative estimate of drug-likeness (QED) is 0.343. The van der Waals surface area contributed by atoms with E-state index in [9.17, 15) is 4.79 Å². The first-order valence-electron chi connectivity index (χ1n) is 10.5. The lowest BCUT2D eigenvalue weighted by molar-refractivity contribution is -0.115. The van der Waals surface area contributed by atoms with E-state index in [4.69, 9.17) is 0 Å². The molecule has 1 atom stereocenters. The molecule has 0 saturated heterocycles. The standard InChI is InChI=1S/C26H22N4OS/c1-17-16-24-28-29-26(30(24)23-15-9-7-12-20(17)23)32-18(2)25(31)27-22-14-8-6-13-21(22)19-10-4-3-5-11-19/h3-16,18H,1-2H3,(H,27,31). The average molecular weight is 439 g/mol. The minimum Gasteiger partial charge on any atom is -0.325 e. The summed E-state index contributed by atoms with van der Waals surface area (Å²) in [5.41, 5.74) is 5.83. The van der Waals surface area contributed by atoms with Gasteiger partial charge in [-0.1, -0.05) is 78.5 Å².